The number of aromatic nitrogens is 1. The molecule has 2 unspecified atom stereocenters. The summed E-state index contributed by atoms with van der Waals surface area (Å²) in [5.74, 6) is 2.37. The largest absolute Gasteiger partial charge is 0.356 e. The van der Waals surface area contributed by atoms with Crippen molar-refractivity contribution in [3.05, 3.63) is 22.3 Å². The van der Waals surface area contributed by atoms with Crippen molar-refractivity contribution in [2.24, 2.45) is 5.92 Å². The molecule has 2 saturated heterocycles. The molecule has 1 aromatic rings. The van der Waals surface area contributed by atoms with E-state index in [1.54, 1.807) is 0 Å². The molecule has 2 aliphatic heterocycles. The summed E-state index contributed by atoms with van der Waals surface area (Å²) >= 11 is 9.57. The van der Waals surface area contributed by atoms with Crippen molar-refractivity contribution in [3.8, 4) is 0 Å². The number of likely N-dealkylation sites (tertiary alicyclic amines) is 1. The van der Waals surface area contributed by atoms with E-state index < -0.39 is 0 Å². The third-order valence-electron chi connectivity index (χ3n) is 4.70. The highest BCUT2D eigenvalue weighted by Gasteiger charge is 2.35. The lowest BCUT2D eigenvalue weighted by Crippen LogP contribution is -2.53. The maximum atomic E-state index is 6.09. The number of fused-ring (bicyclic) bond motifs is 1. The predicted octanol–water partition coefficient (Wildman–Crippen LogP) is 3.50. The van der Waals surface area contributed by atoms with Crippen molar-refractivity contribution in [3.63, 3.8) is 0 Å². The molecule has 0 saturated carbocycles. The summed E-state index contributed by atoms with van der Waals surface area (Å²) in [7, 11) is 2.27. The fraction of sp³-hybridized carbons (Fsp3) is 0.667. The molecule has 0 aliphatic carbocycles. The van der Waals surface area contributed by atoms with Crippen LogP contribution >= 0.6 is 27.5 Å². The van der Waals surface area contributed by atoms with Gasteiger partial charge in [-0.25, -0.2) is 4.98 Å². The average Bonchev–Trinajstić information content (AvgIpc) is 2.47. The summed E-state index contributed by atoms with van der Waals surface area (Å²) in [6, 6.07) is 2.85. The van der Waals surface area contributed by atoms with Crippen molar-refractivity contribution < 1.29 is 0 Å². The van der Waals surface area contributed by atoms with Gasteiger partial charge in [-0.15, -0.1) is 11.6 Å². The first kappa shape index (κ1) is 14.6. The van der Waals surface area contributed by atoms with Crippen molar-refractivity contribution in [2.75, 3.05) is 31.6 Å². The minimum Gasteiger partial charge on any atom is -0.356 e. The van der Waals surface area contributed by atoms with Crippen LogP contribution in [0.3, 0.4) is 0 Å². The van der Waals surface area contributed by atoms with E-state index in [4.69, 9.17) is 11.6 Å². The number of hydrogen-bond donors (Lipinski definition) is 0. The Morgan fingerprint density at radius 1 is 1.40 bits per heavy atom. The first-order valence-corrected chi connectivity index (χ1v) is 8.67. The number of pyridine rings is 1. The van der Waals surface area contributed by atoms with E-state index in [9.17, 15) is 0 Å². The Hall–Kier alpha value is -0.320. The average molecular weight is 359 g/mol. The van der Waals surface area contributed by atoms with E-state index in [1.807, 2.05) is 6.20 Å². The Bertz CT molecular complexity index is 482. The molecular formula is C15H21BrClN3. The third kappa shape index (κ3) is 2.83. The van der Waals surface area contributed by atoms with Crippen LogP contribution in [-0.2, 0) is 5.88 Å². The molecule has 1 aromatic heterocycles. The zero-order valence-corrected chi connectivity index (χ0v) is 14.2. The zero-order chi connectivity index (χ0) is 14.1. The number of anilines is 1. The summed E-state index contributed by atoms with van der Waals surface area (Å²) < 4.78 is 1.00. The molecule has 0 bridgehead atoms. The molecule has 2 atom stereocenters. The minimum atomic E-state index is 0.520. The minimum absolute atomic E-state index is 0.520. The Morgan fingerprint density at radius 3 is 3.05 bits per heavy atom. The van der Waals surface area contributed by atoms with E-state index in [0.717, 1.165) is 40.9 Å². The van der Waals surface area contributed by atoms with E-state index in [-0.39, 0.29) is 0 Å². The Balaban J connectivity index is 1.79. The van der Waals surface area contributed by atoms with Crippen LogP contribution in [0.2, 0.25) is 0 Å². The number of nitrogens with zero attached hydrogens (tertiary/aromatic N) is 3. The van der Waals surface area contributed by atoms with Gasteiger partial charge >= 0.3 is 0 Å². The molecule has 3 heterocycles. The van der Waals surface area contributed by atoms with E-state index in [0.29, 0.717) is 5.88 Å². The van der Waals surface area contributed by atoms with Crippen LogP contribution in [-0.4, -0.2) is 42.6 Å². The molecule has 2 aliphatic rings. The number of alkyl halides is 1. The highest BCUT2D eigenvalue weighted by Crippen LogP contribution is 2.33. The van der Waals surface area contributed by atoms with Crippen molar-refractivity contribution in [1.82, 2.24) is 9.88 Å². The van der Waals surface area contributed by atoms with E-state index in [1.165, 1.54) is 25.8 Å². The summed E-state index contributed by atoms with van der Waals surface area (Å²) in [6.07, 6.45) is 5.78. The number of rotatable bonds is 2. The molecule has 0 radical (unpaired) electrons. The first-order chi connectivity index (χ1) is 9.69. The molecule has 110 valence electrons. The van der Waals surface area contributed by atoms with Crippen LogP contribution in [0.1, 0.15) is 24.8 Å². The normalized spacial score (nSPS) is 27.4. The van der Waals surface area contributed by atoms with E-state index in [2.05, 4.69) is 43.8 Å². The van der Waals surface area contributed by atoms with Crippen molar-refractivity contribution >= 4 is 33.3 Å². The molecule has 0 amide bonds. The summed E-state index contributed by atoms with van der Waals surface area (Å²) in [5.41, 5.74) is 1.13. The highest BCUT2D eigenvalue weighted by molar-refractivity contribution is 9.10. The van der Waals surface area contributed by atoms with Crippen LogP contribution in [0.5, 0.6) is 0 Å². The Labute approximate surface area is 134 Å². The molecule has 0 aromatic carbocycles. The zero-order valence-electron chi connectivity index (χ0n) is 11.9. The fourth-order valence-corrected chi connectivity index (χ4v) is 4.28. The Morgan fingerprint density at radius 2 is 2.25 bits per heavy atom. The molecule has 3 rings (SSSR count). The lowest BCUT2D eigenvalue weighted by atomic mass is 9.84. The summed E-state index contributed by atoms with van der Waals surface area (Å²) in [4.78, 5) is 9.59. The summed E-state index contributed by atoms with van der Waals surface area (Å²) in [6.45, 7) is 3.46. The van der Waals surface area contributed by atoms with Crippen LogP contribution in [0.4, 0.5) is 5.82 Å². The number of halogens is 2. The first-order valence-electron chi connectivity index (χ1n) is 7.34. The lowest BCUT2D eigenvalue weighted by molar-refractivity contribution is 0.102. The van der Waals surface area contributed by atoms with Crippen LogP contribution in [0.15, 0.2) is 16.7 Å². The van der Waals surface area contributed by atoms with Gasteiger partial charge in [0, 0.05) is 35.4 Å². The maximum absolute atomic E-state index is 6.09. The van der Waals surface area contributed by atoms with Crippen molar-refractivity contribution in [1.29, 1.82) is 0 Å². The van der Waals surface area contributed by atoms with Crippen LogP contribution in [0, 0.1) is 5.92 Å². The topological polar surface area (TPSA) is 19.4 Å². The van der Waals surface area contributed by atoms with Gasteiger partial charge in [-0.2, -0.15) is 0 Å². The SMILES string of the molecule is CN1CCCC2CN(c3ncc(Br)cc3CCl)CCC21. The van der Waals surface area contributed by atoms with Crippen LogP contribution < -0.4 is 4.90 Å². The second-order valence-corrected chi connectivity index (χ2v) is 7.14. The van der Waals surface area contributed by atoms with Gasteiger partial charge in [0.1, 0.15) is 5.82 Å². The summed E-state index contributed by atoms with van der Waals surface area (Å²) in [5, 5.41) is 0. The monoisotopic (exact) mass is 357 g/mol. The van der Waals surface area contributed by atoms with E-state index >= 15 is 0 Å². The van der Waals surface area contributed by atoms with Gasteiger partial charge in [0.25, 0.3) is 0 Å². The van der Waals surface area contributed by atoms with Gasteiger partial charge < -0.3 is 9.80 Å². The second kappa shape index (κ2) is 6.20. The molecule has 0 spiro atoms. The quantitative estimate of drug-likeness (QED) is 0.754. The molecule has 2 fully saturated rings. The van der Waals surface area contributed by atoms with Gasteiger partial charge in [-0.1, -0.05) is 0 Å². The van der Waals surface area contributed by atoms with Crippen LogP contribution in [0.25, 0.3) is 0 Å². The molecule has 0 N–H and O–H groups in total. The third-order valence-corrected chi connectivity index (χ3v) is 5.42. The van der Waals surface area contributed by atoms with Gasteiger partial charge in [0.15, 0.2) is 0 Å². The van der Waals surface area contributed by atoms with Gasteiger partial charge in [0.05, 0.1) is 5.88 Å². The smallest absolute Gasteiger partial charge is 0.133 e. The highest BCUT2D eigenvalue weighted by atomic mass is 79.9. The maximum Gasteiger partial charge on any atom is 0.133 e. The molecule has 3 nitrogen and oxygen atoms in total. The number of piperidine rings is 2. The fourth-order valence-electron chi connectivity index (χ4n) is 3.70. The molecular weight excluding hydrogens is 338 g/mol. The standard InChI is InChI=1S/C15H21BrClN3/c1-19-5-2-3-11-10-20(6-4-14(11)19)15-12(8-17)7-13(16)9-18-15/h7,9,11,14H,2-6,8,10H2,1H3. The van der Waals surface area contributed by atoms with Gasteiger partial charge in [-0.3, -0.25) is 0 Å². The predicted molar refractivity (Wildman–Crippen MR) is 87.5 cm³/mol. The molecule has 5 heteroatoms. The van der Waals surface area contributed by atoms with Crippen molar-refractivity contribution in [2.45, 2.75) is 31.2 Å². The Kier molecular flexibility index (Phi) is 4.53. The van der Waals surface area contributed by atoms with Gasteiger partial charge in [-0.05, 0) is 60.8 Å². The number of hydrogen-bond acceptors (Lipinski definition) is 3. The second-order valence-electron chi connectivity index (χ2n) is 5.95. The van der Waals surface area contributed by atoms with Gasteiger partial charge in [0.2, 0.25) is 0 Å². The molecule has 20 heavy (non-hydrogen) atoms. The lowest BCUT2D eigenvalue weighted by Gasteiger charge is -2.46.